The molecule has 1 fully saturated rings. The maximum absolute atomic E-state index is 13.8. The molecule has 2 aromatic rings. The first-order valence-electron chi connectivity index (χ1n) is 7.50. The van der Waals surface area contributed by atoms with Gasteiger partial charge in [-0.1, -0.05) is 24.6 Å². The van der Waals surface area contributed by atoms with E-state index < -0.39 is 5.82 Å². The van der Waals surface area contributed by atoms with Crippen molar-refractivity contribution in [1.29, 1.82) is 0 Å². The van der Waals surface area contributed by atoms with Crippen molar-refractivity contribution in [3.8, 4) is 17.2 Å². The third-order valence-electron chi connectivity index (χ3n) is 4.44. The van der Waals surface area contributed by atoms with Crippen molar-refractivity contribution in [2.45, 2.75) is 44.9 Å². The fraction of sp³-hybridized carbons (Fsp3) is 0.500. The van der Waals surface area contributed by atoms with Gasteiger partial charge in [0.1, 0.15) is 17.1 Å². The highest BCUT2D eigenvalue weighted by Crippen LogP contribution is 2.37. The lowest BCUT2D eigenvalue weighted by Gasteiger charge is -2.25. The SMILES string of the molecule is CCC1CCC(c2noc(-c3c(O)cccc3F)n2)CC1. The van der Waals surface area contributed by atoms with E-state index in [4.69, 9.17) is 4.52 Å². The van der Waals surface area contributed by atoms with Gasteiger partial charge in [-0.15, -0.1) is 0 Å². The Morgan fingerprint density at radius 3 is 2.71 bits per heavy atom. The number of aromatic hydroxyl groups is 1. The minimum Gasteiger partial charge on any atom is -0.507 e. The van der Waals surface area contributed by atoms with Gasteiger partial charge in [-0.2, -0.15) is 4.98 Å². The molecule has 1 aromatic carbocycles. The van der Waals surface area contributed by atoms with Crippen LogP contribution in [0.5, 0.6) is 5.75 Å². The van der Waals surface area contributed by atoms with Crippen LogP contribution in [0.4, 0.5) is 4.39 Å². The number of rotatable bonds is 3. The van der Waals surface area contributed by atoms with E-state index in [1.807, 2.05) is 0 Å². The molecule has 0 amide bonds. The molecule has 0 atom stereocenters. The molecule has 0 saturated heterocycles. The molecular weight excluding hydrogens is 271 g/mol. The maximum Gasteiger partial charge on any atom is 0.264 e. The summed E-state index contributed by atoms with van der Waals surface area (Å²) in [5, 5.41) is 13.7. The highest BCUT2D eigenvalue weighted by atomic mass is 19.1. The average Bonchev–Trinajstić information content (AvgIpc) is 2.97. The van der Waals surface area contributed by atoms with Gasteiger partial charge in [-0.25, -0.2) is 4.39 Å². The standard InChI is InChI=1S/C16H19FN2O2/c1-2-10-6-8-11(9-7-10)15-18-16(21-19-15)14-12(17)4-3-5-13(14)20/h3-5,10-11,20H,2,6-9H2,1H3. The Balaban J connectivity index is 1.81. The molecule has 21 heavy (non-hydrogen) atoms. The van der Waals surface area contributed by atoms with E-state index in [2.05, 4.69) is 17.1 Å². The summed E-state index contributed by atoms with van der Waals surface area (Å²) in [5.74, 6) is 1.02. The van der Waals surface area contributed by atoms with Crippen molar-refractivity contribution in [2.75, 3.05) is 0 Å². The summed E-state index contributed by atoms with van der Waals surface area (Å²) in [5.41, 5.74) is -0.0153. The first kappa shape index (κ1) is 14.0. The number of aromatic nitrogens is 2. The van der Waals surface area contributed by atoms with Gasteiger partial charge in [0.05, 0.1) is 0 Å². The lowest BCUT2D eigenvalue weighted by Crippen LogP contribution is -2.13. The predicted molar refractivity (Wildman–Crippen MR) is 76.3 cm³/mol. The second-order valence-corrected chi connectivity index (χ2v) is 5.72. The molecule has 0 radical (unpaired) electrons. The quantitative estimate of drug-likeness (QED) is 0.917. The summed E-state index contributed by atoms with van der Waals surface area (Å²) in [6, 6.07) is 4.12. The van der Waals surface area contributed by atoms with Gasteiger partial charge >= 0.3 is 0 Å². The molecule has 1 aliphatic carbocycles. The van der Waals surface area contributed by atoms with E-state index in [0.717, 1.165) is 18.8 Å². The van der Waals surface area contributed by atoms with Gasteiger partial charge in [-0.05, 0) is 43.7 Å². The molecule has 0 unspecified atom stereocenters. The third-order valence-corrected chi connectivity index (χ3v) is 4.44. The molecule has 1 heterocycles. The molecule has 1 aromatic heterocycles. The monoisotopic (exact) mass is 290 g/mol. The topological polar surface area (TPSA) is 59.2 Å². The molecule has 1 N–H and O–H groups in total. The molecule has 1 saturated carbocycles. The first-order chi connectivity index (χ1) is 10.2. The zero-order chi connectivity index (χ0) is 14.8. The van der Waals surface area contributed by atoms with Crippen LogP contribution in [0.3, 0.4) is 0 Å². The molecular formula is C16H19FN2O2. The van der Waals surface area contributed by atoms with E-state index in [-0.39, 0.29) is 23.1 Å². The maximum atomic E-state index is 13.8. The second kappa shape index (κ2) is 5.84. The summed E-state index contributed by atoms with van der Waals surface area (Å²) < 4.78 is 19.0. The van der Waals surface area contributed by atoms with E-state index >= 15 is 0 Å². The van der Waals surface area contributed by atoms with Gasteiger partial charge in [-0.3, -0.25) is 0 Å². The Bertz CT molecular complexity index is 598. The van der Waals surface area contributed by atoms with Crippen LogP contribution in [0.15, 0.2) is 22.7 Å². The molecule has 0 spiro atoms. The minimum absolute atomic E-state index is 0.0153. The molecule has 112 valence electrons. The van der Waals surface area contributed by atoms with Gasteiger partial charge in [0, 0.05) is 5.92 Å². The number of phenols is 1. The Hall–Kier alpha value is -1.91. The molecule has 1 aliphatic rings. The lowest BCUT2D eigenvalue weighted by atomic mass is 9.80. The summed E-state index contributed by atoms with van der Waals surface area (Å²) in [7, 11) is 0. The number of halogens is 1. The van der Waals surface area contributed by atoms with Crippen molar-refractivity contribution >= 4 is 0 Å². The zero-order valence-corrected chi connectivity index (χ0v) is 12.1. The van der Waals surface area contributed by atoms with Crippen LogP contribution in [0, 0.1) is 11.7 Å². The minimum atomic E-state index is -0.556. The van der Waals surface area contributed by atoms with Crippen LogP contribution in [-0.4, -0.2) is 15.2 Å². The van der Waals surface area contributed by atoms with Gasteiger partial charge in [0.15, 0.2) is 5.82 Å². The van der Waals surface area contributed by atoms with E-state index in [1.165, 1.54) is 37.5 Å². The largest absolute Gasteiger partial charge is 0.507 e. The lowest BCUT2D eigenvalue weighted by molar-refractivity contribution is 0.305. The Labute approximate surface area is 123 Å². The fourth-order valence-corrected chi connectivity index (χ4v) is 3.06. The number of hydrogen-bond donors (Lipinski definition) is 1. The summed E-state index contributed by atoms with van der Waals surface area (Å²) in [6.07, 6.45) is 5.65. The van der Waals surface area contributed by atoms with Crippen LogP contribution < -0.4 is 0 Å². The smallest absolute Gasteiger partial charge is 0.264 e. The van der Waals surface area contributed by atoms with Crippen LogP contribution in [0.1, 0.15) is 50.8 Å². The van der Waals surface area contributed by atoms with E-state index in [0.29, 0.717) is 5.82 Å². The number of phenolic OH excluding ortho intramolecular Hbond substituents is 1. The van der Waals surface area contributed by atoms with Gasteiger partial charge in [0.2, 0.25) is 0 Å². The molecule has 3 rings (SSSR count). The summed E-state index contributed by atoms with van der Waals surface area (Å²) in [4.78, 5) is 4.30. The molecule has 0 bridgehead atoms. The Morgan fingerprint density at radius 1 is 1.29 bits per heavy atom. The molecule has 0 aliphatic heterocycles. The number of nitrogens with zero attached hydrogens (tertiary/aromatic N) is 2. The fourth-order valence-electron chi connectivity index (χ4n) is 3.06. The Kier molecular flexibility index (Phi) is 3.90. The van der Waals surface area contributed by atoms with Crippen LogP contribution in [0.25, 0.3) is 11.5 Å². The van der Waals surface area contributed by atoms with Crippen molar-refractivity contribution in [3.05, 3.63) is 29.8 Å². The zero-order valence-electron chi connectivity index (χ0n) is 12.1. The number of hydrogen-bond acceptors (Lipinski definition) is 4. The van der Waals surface area contributed by atoms with Crippen LogP contribution >= 0.6 is 0 Å². The Morgan fingerprint density at radius 2 is 2.05 bits per heavy atom. The second-order valence-electron chi connectivity index (χ2n) is 5.72. The van der Waals surface area contributed by atoms with Crippen molar-refractivity contribution in [3.63, 3.8) is 0 Å². The van der Waals surface area contributed by atoms with Crippen molar-refractivity contribution in [1.82, 2.24) is 10.1 Å². The first-order valence-corrected chi connectivity index (χ1v) is 7.50. The highest BCUT2D eigenvalue weighted by molar-refractivity contribution is 5.62. The highest BCUT2D eigenvalue weighted by Gasteiger charge is 2.26. The van der Waals surface area contributed by atoms with Gasteiger partial charge in [0.25, 0.3) is 5.89 Å². The van der Waals surface area contributed by atoms with Crippen LogP contribution in [-0.2, 0) is 0 Å². The van der Waals surface area contributed by atoms with E-state index in [1.54, 1.807) is 0 Å². The number of benzene rings is 1. The van der Waals surface area contributed by atoms with Crippen molar-refractivity contribution in [2.24, 2.45) is 5.92 Å². The molecule has 5 heteroatoms. The normalized spacial score (nSPS) is 22.4. The summed E-state index contributed by atoms with van der Waals surface area (Å²) in [6.45, 7) is 2.22. The van der Waals surface area contributed by atoms with E-state index in [9.17, 15) is 9.50 Å². The summed E-state index contributed by atoms with van der Waals surface area (Å²) >= 11 is 0. The van der Waals surface area contributed by atoms with Crippen molar-refractivity contribution < 1.29 is 14.0 Å². The van der Waals surface area contributed by atoms with Gasteiger partial charge < -0.3 is 9.63 Å². The average molecular weight is 290 g/mol. The molecule has 4 nitrogen and oxygen atoms in total. The van der Waals surface area contributed by atoms with Crippen LogP contribution in [0.2, 0.25) is 0 Å². The predicted octanol–water partition coefficient (Wildman–Crippen LogP) is 4.27. The third kappa shape index (κ3) is 2.77.